The molecule has 1 saturated heterocycles. The molecule has 6 heteroatoms. The Kier molecular flexibility index (Phi) is 5.48. The highest BCUT2D eigenvalue weighted by Crippen LogP contribution is 2.21. The monoisotopic (exact) mass is 392 g/mol. The van der Waals surface area contributed by atoms with Crippen LogP contribution in [0.1, 0.15) is 23.2 Å². The fraction of sp³-hybridized carbons (Fsp3) is 0.278. The van der Waals surface area contributed by atoms with Gasteiger partial charge < -0.3 is 15.4 Å². The number of hydrogen-bond acceptors (Lipinski definition) is 3. The number of benzene rings is 2. The van der Waals surface area contributed by atoms with E-state index in [2.05, 4.69) is 26.6 Å². The summed E-state index contributed by atoms with van der Waals surface area (Å²) in [5.41, 5.74) is 1.33. The molecule has 126 valence electrons. The number of carbonyl (C=O) groups is 1. The molecule has 1 aliphatic heterocycles. The number of amides is 1. The Bertz CT molecular complexity index is 733. The molecule has 2 aromatic rings. The summed E-state index contributed by atoms with van der Waals surface area (Å²) in [7, 11) is 0. The van der Waals surface area contributed by atoms with Crippen molar-refractivity contribution >= 4 is 33.2 Å². The van der Waals surface area contributed by atoms with Crippen LogP contribution in [-0.4, -0.2) is 25.2 Å². The predicted molar refractivity (Wildman–Crippen MR) is 96.0 cm³/mol. The van der Waals surface area contributed by atoms with Crippen LogP contribution in [0.3, 0.4) is 0 Å². The second kappa shape index (κ2) is 7.77. The maximum absolute atomic E-state index is 14.2. The van der Waals surface area contributed by atoms with Gasteiger partial charge in [0.2, 0.25) is 0 Å². The molecule has 0 spiro atoms. The summed E-state index contributed by atoms with van der Waals surface area (Å²) < 4.78 is 20.5. The lowest BCUT2D eigenvalue weighted by Crippen LogP contribution is -2.19. The van der Waals surface area contributed by atoms with Gasteiger partial charge >= 0.3 is 0 Å². The van der Waals surface area contributed by atoms with Gasteiger partial charge in [0.05, 0.1) is 11.8 Å². The van der Waals surface area contributed by atoms with E-state index < -0.39 is 5.82 Å². The molecule has 1 fully saturated rings. The van der Waals surface area contributed by atoms with Crippen molar-refractivity contribution < 1.29 is 13.9 Å². The molecule has 0 saturated carbocycles. The Hall–Kier alpha value is -1.92. The van der Waals surface area contributed by atoms with E-state index in [4.69, 9.17) is 4.74 Å². The van der Waals surface area contributed by atoms with Crippen molar-refractivity contribution in [3.05, 3.63) is 58.3 Å². The maximum atomic E-state index is 14.2. The fourth-order valence-corrected chi connectivity index (χ4v) is 3.00. The lowest BCUT2D eigenvalue weighted by molar-refractivity contribution is 0.102. The molecule has 1 atom stereocenters. The number of rotatable bonds is 5. The number of carbonyl (C=O) groups excluding carboxylic acids is 1. The second-order valence-corrected chi connectivity index (χ2v) is 6.59. The Morgan fingerprint density at radius 3 is 2.88 bits per heavy atom. The van der Waals surface area contributed by atoms with Crippen LogP contribution in [0.5, 0.6) is 0 Å². The smallest absolute Gasteiger partial charge is 0.255 e. The Labute approximate surface area is 148 Å². The third-order valence-electron chi connectivity index (χ3n) is 3.86. The van der Waals surface area contributed by atoms with Gasteiger partial charge in [0.15, 0.2) is 0 Å². The van der Waals surface area contributed by atoms with Crippen LogP contribution in [0, 0.1) is 5.82 Å². The number of halogens is 2. The molecule has 1 amide bonds. The summed E-state index contributed by atoms with van der Waals surface area (Å²) in [6, 6.07) is 11.6. The van der Waals surface area contributed by atoms with E-state index in [9.17, 15) is 9.18 Å². The molecule has 0 aliphatic carbocycles. The largest absolute Gasteiger partial charge is 0.380 e. The van der Waals surface area contributed by atoms with Crippen molar-refractivity contribution in [1.82, 2.24) is 0 Å². The normalized spacial score (nSPS) is 16.8. The highest BCUT2D eigenvalue weighted by Gasteiger charge is 2.16. The third-order valence-corrected chi connectivity index (χ3v) is 4.35. The molecule has 3 rings (SSSR count). The zero-order valence-corrected chi connectivity index (χ0v) is 14.6. The average molecular weight is 393 g/mol. The molecule has 24 heavy (non-hydrogen) atoms. The van der Waals surface area contributed by atoms with Crippen molar-refractivity contribution in [3.63, 3.8) is 0 Å². The second-order valence-electron chi connectivity index (χ2n) is 5.68. The van der Waals surface area contributed by atoms with Gasteiger partial charge in [0.25, 0.3) is 5.91 Å². The highest BCUT2D eigenvalue weighted by molar-refractivity contribution is 9.10. The van der Waals surface area contributed by atoms with Gasteiger partial charge in [0, 0.05) is 28.9 Å². The van der Waals surface area contributed by atoms with E-state index in [1.54, 1.807) is 30.3 Å². The number of ether oxygens (including phenoxy) is 1. The van der Waals surface area contributed by atoms with Crippen molar-refractivity contribution in [2.45, 2.75) is 18.9 Å². The molecule has 0 radical (unpaired) electrons. The topological polar surface area (TPSA) is 50.4 Å². The van der Waals surface area contributed by atoms with Gasteiger partial charge in [-0.2, -0.15) is 0 Å². The Balaban J connectivity index is 1.62. The van der Waals surface area contributed by atoms with Crippen LogP contribution in [0.4, 0.5) is 15.8 Å². The van der Waals surface area contributed by atoms with Crippen LogP contribution < -0.4 is 10.6 Å². The zero-order chi connectivity index (χ0) is 16.9. The molecule has 0 aromatic heterocycles. The van der Waals surface area contributed by atoms with Gasteiger partial charge in [-0.1, -0.05) is 22.0 Å². The van der Waals surface area contributed by atoms with Crippen molar-refractivity contribution in [2.24, 2.45) is 0 Å². The van der Waals surface area contributed by atoms with Crippen LogP contribution in [0.2, 0.25) is 0 Å². The summed E-state index contributed by atoms with van der Waals surface area (Å²) in [6.07, 6.45) is 2.19. The van der Waals surface area contributed by atoms with Gasteiger partial charge in [-0.25, -0.2) is 4.39 Å². The van der Waals surface area contributed by atoms with Crippen LogP contribution in [0.15, 0.2) is 46.9 Å². The first-order valence-corrected chi connectivity index (χ1v) is 8.63. The van der Waals surface area contributed by atoms with Crippen LogP contribution in [-0.2, 0) is 4.74 Å². The number of hydrogen-bond donors (Lipinski definition) is 2. The summed E-state index contributed by atoms with van der Waals surface area (Å²) >= 11 is 3.32. The minimum Gasteiger partial charge on any atom is -0.380 e. The van der Waals surface area contributed by atoms with Crippen LogP contribution in [0.25, 0.3) is 0 Å². The van der Waals surface area contributed by atoms with E-state index >= 15 is 0 Å². The lowest BCUT2D eigenvalue weighted by atomic mass is 10.2. The Morgan fingerprint density at radius 2 is 2.17 bits per heavy atom. The minimum absolute atomic E-state index is 0.139. The lowest BCUT2D eigenvalue weighted by Gasteiger charge is -2.13. The Morgan fingerprint density at radius 1 is 1.29 bits per heavy atom. The first-order chi connectivity index (χ1) is 11.6. The molecule has 4 nitrogen and oxygen atoms in total. The van der Waals surface area contributed by atoms with E-state index in [0.29, 0.717) is 23.5 Å². The van der Waals surface area contributed by atoms with Crippen LogP contribution >= 0.6 is 15.9 Å². The van der Waals surface area contributed by atoms with E-state index in [0.717, 1.165) is 23.9 Å². The van der Waals surface area contributed by atoms with Gasteiger partial charge in [-0.3, -0.25) is 4.79 Å². The molecule has 2 aromatic carbocycles. The number of nitrogens with one attached hydrogen (secondary N) is 2. The third kappa shape index (κ3) is 4.33. The molecular weight excluding hydrogens is 375 g/mol. The average Bonchev–Trinajstić information content (AvgIpc) is 3.07. The molecule has 2 N–H and O–H groups in total. The minimum atomic E-state index is -0.403. The van der Waals surface area contributed by atoms with Gasteiger partial charge in [0.1, 0.15) is 5.82 Å². The van der Waals surface area contributed by atoms with Crippen molar-refractivity contribution in [2.75, 3.05) is 23.8 Å². The summed E-state index contributed by atoms with van der Waals surface area (Å²) in [5.74, 6) is -0.684. The fourth-order valence-electron chi connectivity index (χ4n) is 2.60. The molecule has 1 heterocycles. The van der Waals surface area contributed by atoms with Crippen molar-refractivity contribution in [1.29, 1.82) is 0 Å². The van der Waals surface area contributed by atoms with E-state index in [1.807, 2.05) is 6.07 Å². The van der Waals surface area contributed by atoms with E-state index in [1.165, 1.54) is 6.07 Å². The van der Waals surface area contributed by atoms with Gasteiger partial charge in [-0.05, 0) is 49.2 Å². The quantitative estimate of drug-likeness (QED) is 0.790. The van der Waals surface area contributed by atoms with Crippen molar-refractivity contribution in [3.8, 4) is 0 Å². The highest BCUT2D eigenvalue weighted by atomic mass is 79.9. The number of anilines is 2. The zero-order valence-electron chi connectivity index (χ0n) is 13.0. The molecular formula is C18H18BrFN2O2. The maximum Gasteiger partial charge on any atom is 0.255 e. The standard InChI is InChI=1S/C18H18BrFN2O2/c19-13-4-1-3-12(9-13)18(23)22-14-6-7-17(16(20)10-14)21-11-15-5-2-8-24-15/h1,3-4,6-7,9-10,15,21H,2,5,8,11H2,(H,22,23). The first-order valence-electron chi connectivity index (χ1n) is 7.84. The molecule has 0 bridgehead atoms. The molecule has 1 aliphatic rings. The molecule has 1 unspecified atom stereocenters. The summed E-state index contributed by atoms with van der Waals surface area (Å²) in [6.45, 7) is 1.36. The summed E-state index contributed by atoms with van der Waals surface area (Å²) in [5, 5.41) is 5.75. The van der Waals surface area contributed by atoms with E-state index in [-0.39, 0.29) is 12.0 Å². The predicted octanol–water partition coefficient (Wildman–Crippen LogP) is 4.43. The van der Waals surface area contributed by atoms with Gasteiger partial charge in [-0.15, -0.1) is 0 Å². The summed E-state index contributed by atoms with van der Waals surface area (Å²) in [4.78, 5) is 12.2. The SMILES string of the molecule is O=C(Nc1ccc(NCC2CCCO2)c(F)c1)c1cccc(Br)c1. The first kappa shape index (κ1) is 16.9.